The third kappa shape index (κ3) is 4.80. The minimum atomic E-state index is -0.513. The van der Waals surface area contributed by atoms with E-state index in [-0.39, 0.29) is 17.0 Å². The molecule has 1 saturated heterocycles. The molecule has 6 nitrogen and oxygen atoms in total. The maximum atomic E-state index is 13.3. The lowest BCUT2D eigenvalue weighted by atomic mass is 10.1. The molecule has 0 saturated carbocycles. The van der Waals surface area contributed by atoms with Gasteiger partial charge < -0.3 is 14.5 Å². The largest absolute Gasteiger partial charge is 0.439 e. The molecule has 0 unspecified atom stereocenters. The van der Waals surface area contributed by atoms with Gasteiger partial charge in [0.15, 0.2) is 0 Å². The lowest BCUT2D eigenvalue weighted by molar-refractivity contribution is 0.0672. The number of nitrogens with zero attached hydrogens (tertiary/aromatic N) is 4. The number of anilines is 1. The van der Waals surface area contributed by atoms with Crippen molar-refractivity contribution < 1.29 is 13.9 Å². The van der Waals surface area contributed by atoms with Crippen molar-refractivity contribution in [1.82, 2.24) is 14.9 Å². The molecule has 2 heterocycles. The predicted octanol–water partition coefficient (Wildman–Crippen LogP) is 5.17. The van der Waals surface area contributed by atoms with Crippen LogP contribution in [0.25, 0.3) is 0 Å². The second-order valence-electron chi connectivity index (χ2n) is 7.17. The summed E-state index contributed by atoms with van der Waals surface area (Å²) in [6.45, 7) is 3.82. The summed E-state index contributed by atoms with van der Waals surface area (Å²) < 4.78 is 19.8. The number of halogens is 3. The van der Waals surface area contributed by atoms with Crippen molar-refractivity contribution in [2.75, 3.05) is 24.5 Å². The zero-order valence-electron chi connectivity index (χ0n) is 16.6. The number of carbonyl (C=O) groups excluding carboxylic acids is 1. The molecule has 31 heavy (non-hydrogen) atoms. The van der Waals surface area contributed by atoms with Gasteiger partial charge in [0.1, 0.15) is 23.7 Å². The summed E-state index contributed by atoms with van der Waals surface area (Å²) in [6.07, 6.45) is 1.42. The van der Waals surface area contributed by atoms with E-state index in [2.05, 4.69) is 30.8 Å². The molecule has 1 amide bonds. The summed E-state index contributed by atoms with van der Waals surface area (Å²) in [4.78, 5) is 25.4. The van der Waals surface area contributed by atoms with E-state index in [4.69, 9.17) is 16.3 Å². The number of aromatic nitrogens is 2. The lowest BCUT2D eigenvalue weighted by Crippen LogP contribution is -2.54. The Hall–Kier alpha value is -2.71. The fourth-order valence-electron chi connectivity index (χ4n) is 3.48. The molecule has 0 aliphatic carbocycles. The van der Waals surface area contributed by atoms with Gasteiger partial charge in [-0.15, -0.1) is 0 Å². The van der Waals surface area contributed by atoms with Gasteiger partial charge in [0.05, 0.1) is 10.6 Å². The Bertz CT molecular complexity index is 1120. The average Bonchev–Trinajstić information content (AvgIpc) is 2.76. The second-order valence-corrected chi connectivity index (χ2v) is 8.43. The molecule has 0 radical (unpaired) electrons. The van der Waals surface area contributed by atoms with Crippen LogP contribution >= 0.6 is 27.5 Å². The Morgan fingerprint density at radius 3 is 2.74 bits per heavy atom. The van der Waals surface area contributed by atoms with Crippen LogP contribution < -0.4 is 9.64 Å². The van der Waals surface area contributed by atoms with Gasteiger partial charge in [0, 0.05) is 42.3 Å². The SMILES string of the molecule is C[C@@H]1CN(c2cc(Oc3ccc(F)c(Cl)c3)ncn2)CCN1C(=O)c1ccccc1Br. The normalized spacial score (nSPS) is 16.3. The highest BCUT2D eigenvalue weighted by Crippen LogP contribution is 2.27. The second kappa shape index (κ2) is 9.20. The van der Waals surface area contributed by atoms with Crippen LogP contribution in [0.15, 0.2) is 59.3 Å². The van der Waals surface area contributed by atoms with Gasteiger partial charge in [-0.1, -0.05) is 23.7 Å². The third-order valence-electron chi connectivity index (χ3n) is 5.06. The van der Waals surface area contributed by atoms with Crippen molar-refractivity contribution >= 4 is 39.3 Å². The van der Waals surface area contributed by atoms with E-state index in [1.807, 2.05) is 36.1 Å². The smallest absolute Gasteiger partial charge is 0.255 e. The minimum Gasteiger partial charge on any atom is -0.439 e. The molecule has 0 N–H and O–H groups in total. The predicted molar refractivity (Wildman–Crippen MR) is 120 cm³/mol. The van der Waals surface area contributed by atoms with Crippen molar-refractivity contribution in [2.45, 2.75) is 13.0 Å². The van der Waals surface area contributed by atoms with Gasteiger partial charge in [-0.2, -0.15) is 0 Å². The molecule has 1 aliphatic heterocycles. The van der Waals surface area contributed by atoms with Crippen LogP contribution in [0.1, 0.15) is 17.3 Å². The number of carbonyl (C=O) groups is 1. The topological polar surface area (TPSA) is 58.6 Å². The van der Waals surface area contributed by atoms with Crippen molar-refractivity contribution in [2.24, 2.45) is 0 Å². The summed E-state index contributed by atoms with van der Waals surface area (Å²) in [5, 5.41) is -0.0218. The molecule has 3 aromatic rings. The van der Waals surface area contributed by atoms with Crippen molar-refractivity contribution in [3.05, 3.63) is 75.7 Å². The summed E-state index contributed by atoms with van der Waals surface area (Å²) in [7, 11) is 0. The van der Waals surface area contributed by atoms with Crippen LogP contribution in [0, 0.1) is 5.82 Å². The highest BCUT2D eigenvalue weighted by atomic mass is 79.9. The Morgan fingerprint density at radius 2 is 2.00 bits per heavy atom. The van der Waals surface area contributed by atoms with E-state index >= 15 is 0 Å². The fraction of sp³-hybridized carbons (Fsp3) is 0.227. The molecular weight excluding hydrogens is 487 g/mol. The van der Waals surface area contributed by atoms with Gasteiger partial charge >= 0.3 is 0 Å². The molecule has 4 rings (SSSR count). The maximum absolute atomic E-state index is 13.3. The third-order valence-corrected chi connectivity index (χ3v) is 6.04. The molecular formula is C22H19BrClFN4O2. The molecule has 0 bridgehead atoms. The minimum absolute atomic E-state index is 0.000441. The molecule has 9 heteroatoms. The van der Waals surface area contributed by atoms with Gasteiger partial charge in [0.25, 0.3) is 5.91 Å². The fourth-order valence-corrected chi connectivity index (χ4v) is 4.10. The van der Waals surface area contributed by atoms with Crippen LogP contribution in [-0.2, 0) is 0 Å². The van der Waals surface area contributed by atoms with E-state index < -0.39 is 5.82 Å². The Labute approximate surface area is 192 Å². The first kappa shape index (κ1) is 21.5. The zero-order valence-corrected chi connectivity index (χ0v) is 19.0. The Kier molecular flexibility index (Phi) is 6.38. The molecule has 0 spiro atoms. The first-order valence-electron chi connectivity index (χ1n) is 9.68. The molecule has 2 aromatic carbocycles. The number of rotatable bonds is 4. The van der Waals surface area contributed by atoms with E-state index in [1.54, 1.807) is 6.07 Å². The summed E-state index contributed by atoms with van der Waals surface area (Å²) in [6, 6.07) is 13.3. The van der Waals surface area contributed by atoms with Gasteiger partial charge in [-0.05, 0) is 47.1 Å². The first-order chi connectivity index (χ1) is 14.9. The van der Waals surface area contributed by atoms with Crippen molar-refractivity contribution in [3.8, 4) is 11.6 Å². The molecule has 1 atom stereocenters. The van der Waals surface area contributed by atoms with E-state index in [0.717, 1.165) is 4.47 Å². The molecule has 1 aliphatic rings. The zero-order chi connectivity index (χ0) is 22.0. The summed E-state index contributed by atoms with van der Waals surface area (Å²) >= 11 is 9.27. The van der Waals surface area contributed by atoms with Crippen LogP contribution in [0.5, 0.6) is 11.6 Å². The standard InChI is InChI=1S/C22H19BrClFN4O2/c1-14-12-28(8-9-29(14)22(30)16-4-2-3-5-17(16)23)20-11-21(27-13-26-20)31-15-6-7-19(25)18(24)10-15/h2-7,10-11,13-14H,8-9,12H2,1H3/t14-/m1/s1. The number of hydrogen-bond acceptors (Lipinski definition) is 5. The van der Waals surface area contributed by atoms with Gasteiger partial charge in [0.2, 0.25) is 5.88 Å². The number of piperazine rings is 1. The van der Waals surface area contributed by atoms with Crippen molar-refractivity contribution in [3.63, 3.8) is 0 Å². The van der Waals surface area contributed by atoms with Gasteiger partial charge in [-0.25, -0.2) is 14.4 Å². The van der Waals surface area contributed by atoms with Crippen LogP contribution in [0.4, 0.5) is 10.2 Å². The van der Waals surface area contributed by atoms with E-state index in [0.29, 0.717) is 42.6 Å². The van der Waals surface area contributed by atoms with Crippen LogP contribution in [0.2, 0.25) is 5.02 Å². The molecule has 1 fully saturated rings. The van der Waals surface area contributed by atoms with Gasteiger partial charge in [-0.3, -0.25) is 4.79 Å². The first-order valence-corrected chi connectivity index (χ1v) is 10.8. The lowest BCUT2D eigenvalue weighted by Gasteiger charge is -2.40. The summed E-state index contributed by atoms with van der Waals surface area (Å²) in [5.74, 6) is 0.888. The van der Waals surface area contributed by atoms with E-state index in [9.17, 15) is 9.18 Å². The molecule has 1 aromatic heterocycles. The molecule has 160 valence electrons. The van der Waals surface area contributed by atoms with Crippen molar-refractivity contribution in [1.29, 1.82) is 0 Å². The van der Waals surface area contributed by atoms with Crippen LogP contribution in [-0.4, -0.2) is 46.5 Å². The van der Waals surface area contributed by atoms with E-state index in [1.165, 1.54) is 24.5 Å². The quantitative estimate of drug-likeness (QED) is 0.489. The maximum Gasteiger partial charge on any atom is 0.255 e. The van der Waals surface area contributed by atoms with Crippen LogP contribution in [0.3, 0.4) is 0 Å². The number of hydrogen-bond donors (Lipinski definition) is 0. The Balaban J connectivity index is 1.45. The highest BCUT2D eigenvalue weighted by Gasteiger charge is 2.29. The number of benzene rings is 2. The monoisotopic (exact) mass is 504 g/mol. The number of amides is 1. The highest BCUT2D eigenvalue weighted by molar-refractivity contribution is 9.10. The summed E-state index contributed by atoms with van der Waals surface area (Å²) in [5.41, 5.74) is 0.651. The Morgan fingerprint density at radius 1 is 1.19 bits per heavy atom. The number of ether oxygens (including phenoxy) is 1. The average molecular weight is 506 g/mol.